The highest BCUT2D eigenvalue weighted by atomic mass is 79.9. The highest BCUT2D eigenvalue weighted by Crippen LogP contribution is 2.26. The summed E-state index contributed by atoms with van der Waals surface area (Å²) in [6, 6.07) is 6.32. The Labute approximate surface area is 141 Å². The van der Waals surface area contributed by atoms with E-state index >= 15 is 0 Å². The first-order valence-electron chi connectivity index (χ1n) is 7.97. The van der Waals surface area contributed by atoms with Crippen molar-refractivity contribution in [2.75, 3.05) is 13.2 Å². The Bertz CT molecular complexity index is 435. The van der Waals surface area contributed by atoms with Crippen LogP contribution in [0.15, 0.2) is 22.7 Å². The molecule has 0 heterocycles. The molecule has 0 amide bonds. The molecule has 0 aliphatic heterocycles. The number of halogens is 2. The minimum absolute atomic E-state index is 0.264. The molecule has 1 aromatic rings. The lowest BCUT2D eigenvalue weighted by Crippen LogP contribution is -2.23. The van der Waals surface area contributed by atoms with E-state index in [0.717, 1.165) is 34.6 Å². The SMILES string of the molecule is CC(NCCCOC1CCCCC1)c1ccc(Br)cc1Cl. The van der Waals surface area contributed by atoms with Gasteiger partial charge in [-0.3, -0.25) is 0 Å². The van der Waals surface area contributed by atoms with Gasteiger partial charge in [0.2, 0.25) is 0 Å². The van der Waals surface area contributed by atoms with Crippen LogP contribution in [-0.2, 0) is 4.74 Å². The number of hydrogen-bond donors (Lipinski definition) is 1. The molecular formula is C17H25BrClNO. The standard InChI is InChI=1S/C17H25BrClNO/c1-13(16-9-8-14(18)12-17(16)19)20-10-5-11-21-15-6-3-2-4-7-15/h8-9,12-13,15,20H,2-7,10-11H2,1H3. The van der Waals surface area contributed by atoms with Crippen LogP contribution in [-0.4, -0.2) is 19.3 Å². The number of rotatable bonds is 7. The van der Waals surface area contributed by atoms with Crippen molar-refractivity contribution in [3.05, 3.63) is 33.3 Å². The normalized spacial score (nSPS) is 17.9. The predicted octanol–water partition coefficient (Wildman–Crippen LogP) is 5.49. The fourth-order valence-corrected chi connectivity index (χ4v) is 3.67. The van der Waals surface area contributed by atoms with Gasteiger partial charge in [0.25, 0.3) is 0 Å². The molecule has 0 spiro atoms. The second kappa shape index (κ2) is 9.14. The van der Waals surface area contributed by atoms with Gasteiger partial charge in [-0.25, -0.2) is 0 Å². The molecule has 1 aromatic carbocycles. The summed E-state index contributed by atoms with van der Waals surface area (Å²) >= 11 is 9.71. The molecule has 1 fully saturated rings. The van der Waals surface area contributed by atoms with Gasteiger partial charge in [-0.05, 0) is 50.4 Å². The van der Waals surface area contributed by atoms with Gasteiger partial charge >= 0.3 is 0 Å². The topological polar surface area (TPSA) is 21.3 Å². The maximum Gasteiger partial charge on any atom is 0.0575 e. The lowest BCUT2D eigenvalue weighted by Gasteiger charge is -2.22. The molecule has 21 heavy (non-hydrogen) atoms. The molecule has 0 aromatic heterocycles. The van der Waals surface area contributed by atoms with Gasteiger partial charge < -0.3 is 10.1 Å². The van der Waals surface area contributed by atoms with Crippen molar-refractivity contribution in [3.63, 3.8) is 0 Å². The Morgan fingerprint density at radius 1 is 1.33 bits per heavy atom. The molecule has 118 valence electrons. The van der Waals surface area contributed by atoms with Gasteiger partial charge in [0.05, 0.1) is 6.10 Å². The second-order valence-electron chi connectivity index (χ2n) is 5.83. The lowest BCUT2D eigenvalue weighted by molar-refractivity contribution is 0.0271. The maximum absolute atomic E-state index is 6.27. The van der Waals surface area contributed by atoms with Crippen LogP contribution in [0, 0.1) is 0 Å². The third kappa shape index (κ3) is 5.90. The van der Waals surface area contributed by atoms with E-state index < -0.39 is 0 Å². The molecule has 1 aliphatic rings. The molecule has 1 aliphatic carbocycles. The Morgan fingerprint density at radius 3 is 2.81 bits per heavy atom. The first kappa shape index (κ1) is 17.3. The molecule has 0 radical (unpaired) electrons. The zero-order valence-corrected chi connectivity index (χ0v) is 15.0. The molecule has 0 saturated heterocycles. The van der Waals surface area contributed by atoms with Gasteiger partial charge in [-0.1, -0.05) is 52.9 Å². The number of ether oxygens (including phenoxy) is 1. The van der Waals surface area contributed by atoms with Crippen molar-refractivity contribution in [3.8, 4) is 0 Å². The number of hydrogen-bond acceptors (Lipinski definition) is 2. The Morgan fingerprint density at radius 2 is 2.10 bits per heavy atom. The molecule has 1 atom stereocenters. The first-order valence-corrected chi connectivity index (χ1v) is 9.14. The highest BCUT2D eigenvalue weighted by molar-refractivity contribution is 9.10. The van der Waals surface area contributed by atoms with Gasteiger partial charge in [-0.15, -0.1) is 0 Å². The van der Waals surface area contributed by atoms with E-state index in [9.17, 15) is 0 Å². The van der Waals surface area contributed by atoms with Crippen molar-refractivity contribution in [2.45, 2.75) is 57.6 Å². The van der Waals surface area contributed by atoms with Gasteiger partial charge in [0.1, 0.15) is 0 Å². The molecule has 2 nitrogen and oxygen atoms in total. The van der Waals surface area contributed by atoms with E-state index in [-0.39, 0.29) is 6.04 Å². The Balaban J connectivity index is 1.63. The van der Waals surface area contributed by atoms with Gasteiger partial charge in [-0.2, -0.15) is 0 Å². The molecule has 2 rings (SSSR count). The number of benzene rings is 1. The van der Waals surface area contributed by atoms with Crippen LogP contribution in [0.2, 0.25) is 5.02 Å². The molecule has 1 unspecified atom stereocenters. The summed E-state index contributed by atoms with van der Waals surface area (Å²) in [5, 5.41) is 4.33. The number of nitrogens with one attached hydrogen (secondary N) is 1. The van der Waals surface area contributed by atoms with Gasteiger partial charge in [0, 0.05) is 22.1 Å². The Kier molecular flexibility index (Phi) is 7.51. The van der Waals surface area contributed by atoms with Crippen molar-refractivity contribution >= 4 is 27.5 Å². The van der Waals surface area contributed by atoms with Crippen molar-refractivity contribution in [2.24, 2.45) is 0 Å². The zero-order chi connectivity index (χ0) is 15.1. The van der Waals surface area contributed by atoms with E-state index in [1.807, 2.05) is 12.1 Å². The first-order chi connectivity index (χ1) is 10.2. The third-order valence-corrected chi connectivity index (χ3v) is 4.93. The molecular weight excluding hydrogens is 350 g/mol. The Hall–Kier alpha value is -0.0900. The minimum atomic E-state index is 0.264. The van der Waals surface area contributed by atoms with Crippen molar-refractivity contribution < 1.29 is 4.74 Å². The zero-order valence-electron chi connectivity index (χ0n) is 12.7. The maximum atomic E-state index is 6.27. The van der Waals surface area contributed by atoms with Crippen molar-refractivity contribution in [1.29, 1.82) is 0 Å². The second-order valence-corrected chi connectivity index (χ2v) is 7.15. The van der Waals surface area contributed by atoms with Crippen LogP contribution in [0.25, 0.3) is 0 Å². The quantitative estimate of drug-likeness (QED) is 0.637. The molecule has 4 heteroatoms. The fourth-order valence-electron chi connectivity index (χ4n) is 2.84. The molecule has 0 bridgehead atoms. The monoisotopic (exact) mass is 373 g/mol. The highest BCUT2D eigenvalue weighted by Gasteiger charge is 2.13. The average Bonchev–Trinajstić information content (AvgIpc) is 2.47. The summed E-state index contributed by atoms with van der Waals surface area (Å²) in [6.45, 7) is 3.97. The van der Waals surface area contributed by atoms with E-state index in [4.69, 9.17) is 16.3 Å². The fraction of sp³-hybridized carbons (Fsp3) is 0.647. The summed E-state index contributed by atoms with van der Waals surface area (Å²) in [7, 11) is 0. The predicted molar refractivity (Wildman–Crippen MR) is 93.0 cm³/mol. The molecule has 1 N–H and O–H groups in total. The van der Waals surface area contributed by atoms with Crippen molar-refractivity contribution in [1.82, 2.24) is 5.32 Å². The van der Waals surface area contributed by atoms with E-state index in [0.29, 0.717) is 6.10 Å². The summed E-state index contributed by atoms with van der Waals surface area (Å²) in [6.07, 6.45) is 8.11. The van der Waals surface area contributed by atoms with E-state index in [2.05, 4.69) is 34.2 Å². The average molecular weight is 375 g/mol. The smallest absolute Gasteiger partial charge is 0.0575 e. The van der Waals surface area contributed by atoms with Crippen LogP contribution < -0.4 is 5.32 Å². The van der Waals surface area contributed by atoms with Crippen LogP contribution in [0.3, 0.4) is 0 Å². The third-order valence-electron chi connectivity index (χ3n) is 4.11. The van der Waals surface area contributed by atoms with Crippen LogP contribution in [0.5, 0.6) is 0 Å². The van der Waals surface area contributed by atoms with E-state index in [1.165, 1.54) is 32.1 Å². The summed E-state index contributed by atoms with van der Waals surface area (Å²) in [4.78, 5) is 0. The minimum Gasteiger partial charge on any atom is -0.378 e. The summed E-state index contributed by atoms with van der Waals surface area (Å²) < 4.78 is 6.96. The van der Waals surface area contributed by atoms with Crippen LogP contribution in [0.4, 0.5) is 0 Å². The molecule has 1 saturated carbocycles. The van der Waals surface area contributed by atoms with Crippen LogP contribution >= 0.6 is 27.5 Å². The van der Waals surface area contributed by atoms with Crippen LogP contribution in [0.1, 0.15) is 57.1 Å². The summed E-state index contributed by atoms with van der Waals surface area (Å²) in [5.74, 6) is 0. The summed E-state index contributed by atoms with van der Waals surface area (Å²) in [5.41, 5.74) is 1.15. The van der Waals surface area contributed by atoms with E-state index in [1.54, 1.807) is 0 Å². The lowest BCUT2D eigenvalue weighted by atomic mass is 9.98. The van der Waals surface area contributed by atoms with Gasteiger partial charge in [0.15, 0.2) is 0 Å². The largest absolute Gasteiger partial charge is 0.378 e.